The number of rotatable bonds is 2. The number of imidazole rings is 1. The average molecular weight is 260 g/mol. The van der Waals surface area contributed by atoms with E-state index in [4.69, 9.17) is 21.6 Å². The van der Waals surface area contributed by atoms with E-state index in [1.807, 2.05) is 12.1 Å². The van der Waals surface area contributed by atoms with Gasteiger partial charge in [-0.1, -0.05) is 11.6 Å². The minimum absolute atomic E-state index is 0.390. The molecule has 1 aromatic heterocycles. The van der Waals surface area contributed by atoms with Crippen molar-refractivity contribution in [3.63, 3.8) is 0 Å². The molecule has 0 atom stereocenters. The average Bonchev–Trinajstić information content (AvgIpc) is 2.96. The second-order valence-electron chi connectivity index (χ2n) is 4.14. The molecule has 2 aromatic rings. The lowest BCUT2D eigenvalue weighted by molar-refractivity contribution is 0.352. The van der Waals surface area contributed by atoms with Crippen LogP contribution in [0.1, 0.15) is 17.0 Å². The van der Waals surface area contributed by atoms with Gasteiger partial charge < -0.3 is 9.30 Å². The topological polar surface area (TPSA) is 50.8 Å². The normalized spacial score (nSPS) is 12.9. The van der Waals surface area contributed by atoms with Crippen molar-refractivity contribution in [3.8, 4) is 11.8 Å². The van der Waals surface area contributed by atoms with E-state index in [1.165, 1.54) is 0 Å². The third-order valence-electron chi connectivity index (χ3n) is 2.98. The van der Waals surface area contributed by atoms with Gasteiger partial charge in [0.1, 0.15) is 11.8 Å². The lowest BCUT2D eigenvalue weighted by Crippen LogP contribution is -2.03. The van der Waals surface area contributed by atoms with Gasteiger partial charge in [-0.3, -0.25) is 0 Å². The summed E-state index contributed by atoms with van der Waals surface area (Å²) in [7, 11) is 0. The molecule has 0 spiro atoms. The van der Waals surface area contributed by atoms with Crippen LogP contribution in [0.5, 0.6) is 5.75 Å². The number of ether oxygens (including phenoxy) is 1. The van der Waals surface area contributed by atoms with Gasteiger partial charge in [0.05, 0.1) is 13.2 Å². The summed E-state index contributed by atoms with van der Waals surface area (Å²) in [5, 5.41) is 9.64. The van der Waals surface area contributed by atoms with E-state index < -0.39 is 0 Å². The molecule has 0 fully saturated rings. The number of nitriles is 1. The Labute approximate surface area is 109 Å². The molecule has 0 saturated heterocycles. The van der Waals surface area contributed by atoms with Gasteiger partial charge >= 0.3 is 0 Å². The van der Waals surface area contributed by atoms with E-state index in [1.54, 1.807) is 17.0 Å². The third kappa shape index (κ3) is 1.83. The van der Waals surface area contributed by atoms with Crippen molar-refractivity contribution in [1.29, 1.82) is 5.26 Å². The van der Waals surface area contributed by atoms with Gasteiger partial charge in [-0.15, -0.1) is 0 Å². The highest BCUT2D eigenvalue weighted by Gasteiger charge is 2.18. The van der Waals surface area contributed by atoms with Crippen LogP contribution in [-0.2, 0) is 13.0 Å². The van der Waals surface area contributed by atoms with Crippen LogP contribution >= 0.6 is 11.6 Å². The number of fused-ring (bicyclic) bond motifs is 1. The SMILES string of the molecule is N#Cc1nccn1Cc1cc(Cl)cc2c1OCC2. The Morgan fingerprint density at radius 3 is 3.22 bits per heavy atom. The van der Waals surface area contributed by atoms with Crippen molar-refractivity contribution in [2.75, 3.05) is 6.61 Å². The monoisotopic (exact) mass is 259 g/mol. The van der Waals surface area contributed by atoms with Crippen molar-refractivity contribution < 1.29 is 4.74 Å². The summed E-state index contributed by atoms with van der Waals surface area (Å²) < 4.78 is 7.42. The van der Waals surface area contributed by atoms with E-state index in [9.17, 15) is 0 Å². The zero-order valence-electron chi connectivity index (χ0n) is 9.56. The van der Waals surface area contributed by atoms with Crippen molar-refractivity contribution >= 4 is 11.6 Å². The number of hydrogen-bond acceptors (Lipinski definition) is 3. The molecule has 1 aliphatic heterocycles. The summed E-state index contributed by atoms with van der Waals surface area (Å²) in [4.78, 5) is 3.97. The first kappa shape index (κ1) is 11.1. The highest BCUT2D eigenvalue weighted by atomic mass is 35.5. The maximum Gasteiger partial charge on any atom is 0.213 e. The summed E-state index contributed by atoms with van der Waals surface area (Å²) in [5.74, 6) is 1.29. The van der Waals surface area contributed by atoms with Crippen LogP contribution in [0.3, 0.4) is 0 Å². The summed E-state index contributed by atoms with van der Waals surface area (Å²) >= 11 is 6.10. The third-order valence-corrected chi connectivity index (χ3v) is 3.20. The Kier molecular flexibility index (Phi) is 2.69. The molecule has 90 valence electrons. The molecular formula is C13H10ClN3O. The molecule has 1 aromatic carbocycles. The summed E-state index contributed by atoms with van der Waals surface area (Å²) in [5.41, 5.74) is 2.13. The second kappa shape index (κ2) is 4.35. The Bertz CT molecular complexity index is 642. The van der Waals surface area contributed by atoms with E-state index in [0.29, 0.717) is 24.0 Å². The largest absolute Gasteiger partial charge is 0.493 e. The van der Waals surface area contributed by atoms with Gasteiger partial charge in [0, 0.05) is 29.4 Å². The standard InChI is InChI=1S/C13H10ClN3O/c14-11-5-9-1-4-18-13(9)10(6-11)8-17-3-2-16-12(17)7-15/h2-3,5-6H,1,4,8H2. The summed E-state index contributed by atoms with van der Waals surface area (Å²) in [6, 6.07) is 5.88. The lowest BCUT2D eigenvalue weighted by Gasteiger charge is -2.10. The number of nitrogens with zero attached hydrogens (tertiary/aromatic N) is 3. The zero-order valence-corrected chi connectivity index (χ0v) is 10.3. The van der Waals surface area contributed by atoms with Crippen molar-refractivity contribution in [2.24, 2.45) is 0 Å². The number of benzene rings is 1. The molecule has 0 radical (unpaired) electrons. The molecule has 0 N–H and O–H groups in total. The summed E-state index contributed by atoms with van der Waals surface area (Å²) in [6.45, 7) is 1.24. The molecule has 4 nitrogen and oxygen atoms in total. The quantitative estimate of drug-likeness (QED) is 0.832. The first-order valence-corrected chi connectivity index (χ1v) is 6.01. The molecular weight excluding hydrogens is 250 g/mol. The first-order valence-electron chi connectivity index (χ1n) is 5.63. The minimum Gasteiger partial charge on any atom is -0.493 e. The second-order valence-corrected chi connectivity index (χ2v) is 4.58. The molecule has 5 heteroatoms. The number of aromatic nitrogens is 2. The molecule has 18 heavy (non-hydrogen) atoms. The number of hydrogen-bond donors (Lipinski definition) is 0. The minimum atomic E-state index is 0.390. The maximum atomic E-state index is 8.94. The van der Waals surface area contributed by atoms with Gasteiger partial charge in [0.25, 0.3) is 0 Å². The number of halogens is 1. The van der Waals surface area contributed by atoms with E-state index >= 15 is 0 Å². The molecule has 3 rings (SSSR count). The Balaban J connectivity index is 2.01. The van der Waals surface area contributed by atoms with Crippen molar-refractivity contribution in [1.82, 2.24) is 9.55 Å². The Morgan fingerprint density at radius 2 is 2.39 bits per heavy atom. The first-order chi connectivity index (χ1) is 8.78. The van der Waals surface area contributed by atoms with Gasteiger partial charge in [0.15, 0.2) is 0 Å². The van der Waals surface area contributed by atoms with Crippen LogP contribution in [0.15, 0.2) is 24.5 Å². The van der Waals surface area contributed by atoms with Gasteiger partial charge in [0.2, 0.25) is 5.82 Å². The molecule has 0 bridgehead atoms. The predicted molar refractivity (Wildman–Crippen MR) is 66.7 cm³/mol. The lowest BCUT2D eigenvalue weighted by atomic mass is 10.1. The molecule has 2 heterocycles. The molecule has 0 aliphatic carbocycles. The summed E-state index contributed by atoms with van der Waals surface area (Å²) in [6.07, 6.45) is 4.28. The van der Waals surface area contributed by atoms with Gasteiger partial charge in [-0.05, 0) is 17.7 Å². The molecule has 0 amide bonds. The Morgan fingerprint density at radius 1 is 1.50 bits per heavy atom. The zero-order chi connectivity index (χ0) is 12.5. The Hall–Kier alpha value is -1.99. The molecule has 0 saturated carbocycles. The predicted octanol–water partition coefficient (Wildman–Crippen LogP) is 2.39. The van der Waals surface area contributed by atoms with E-state index in [2.05, 4.69) is 11.1 Å². The van der Waals surface area contributed by atoms with Crippen LogP contribution < -0.4 is 4.74 Å². The van der Waals surface area contributed by atoms with Crippen LogP contribution in [0.25, 0.3) is 0 Å². The molecule has 1 aliphatic rings. The van der Waals surface area contributed by atoms with Gasteiger partial charge in [-0.25, -0.2) is 4.98 Å². The fourth-order valence-corrected chi connectivity index (χ4v) is 2.46. The highest BCUT2D eigenvalue weighted by Crippen LogP contribution is 2.33. The van der Waals surface area contributed by atoms with Crippen LogP contribution in [0, 0.1) is 11.3 Å². The van der Waals surface area contributed by atoms with Crippen LogP contribution in [-0.4, -0.2) is 16.2 Å². The molecule has 0 unspecified atom stereocenters. The van der Waals surface area contributed by atoms with E-state index in [-0.39, 0.29) is 0 Å². The van der Waals surface area contributed by atoms with Gasteiger partial charge in [-0.2, -0.15) is 5.26 Å². The van der Waals surface area contributed by atoms with Crippen molar-refractivity contribution in [2.45, 2.75) is 13.0 Å². The maximum absolute atomic E-state index is 8.94. The van der Waals surface area contributed by atoms with E-state index in [0.717, 1.165) is 23.3 Å². The fourth-order valence-electron chi connectivity index (χ4n) is 2.20. The van der Waals surface area contributed by atoms with Crippen LogP contribution in [0.2, 0.25) is 5.02 Å². The van der Waals surface area contributed by atoms with Crippen molar-refractivity contribution in [3.05, 3.63) is 46.5 Å². The van der Waals surface area contributed by atoms with Crippen LogP contribution in [0.4, 0.5) is 0 Å². The highest BCUT2D eigenvalue weighted by molar-refractivity contribution is 6.30. The fraction of sp³-hybridized carbons (Fsp3) is 0.231. The smallest absolute Gasteiger partial charge is 0.213 e.